The first-order chi connectivity index (χ1) is 14.4. The molecule has 0 bridgehead atoms. The summed E-state index contributed by atoms with van der Waals surface area (Å²) < 4.78 is 25.6. The van der Waals surface area contributed by atoms with Crippen LogP contribution in [0.15, 0.2) is 36.4 Å². The fourth-order valence-corrected chi connectivity index (χ4v) is 4.18. The molecule has 2 aliphatic rings. The largest absolute Gasteiger partial charge is 0.416 e. The Morgan fingerprint density at radius 2 is 1.80 bits per heavy atom. The summed E-state index contributed by atoms with van der Waals surface area (Å²) in [5.41, 5.74) is 2.42. The third-order valence-electron chi connectivity index (χ3n) is 5.41. The first kappa shape index (κ1) is 20.6. The molecule has 1 fully saturated rings. The number of hydrogen-bond acceptors (Lipinski definition) is 6. The van der Waals surface area contributed by atoms with Crippen molar-refractivity contribution in [3.8, 4) is 0 Å². The second kappa shape index (κ2) is 8.24. The molecule has 6 nitrogen and oxygen atoms in total. The quantitative estimate of drug-likeness (QED) is 0.718. The fourth-order valence-electron chi connectivity index (χ4n) is 3.95. The van der Waals surface area contributed by atoms with E-state index in [9.17, 15) is 14.0 Å². The van der Waals surface area contributed by atoms with Crippen LogP contribution in [0.4, 0.5) is 10.1 Å². The van der Waals surface area contributed by atoms with E-state index in [1.807, 2.05) is 6.92 Å². The summed E-state index contributed by atoms with van der Waals surface area (Å²) in [5.74, 6) is -2.88. The Morgan fingerprint density at radius 3 is 2.50 bits per heavy atom. The van der Waals surface area contributed by atoms with Crippen molar-refractivity contribution in [2.45, 2.75) is 38.0 Å². The van der Waals surface area contributed by atoms with E-state index >= 15 is 0 Å². The lowest BCUT2D eigenvalue weighted by atomic mass is 9.95. The molecule has 0 amide bonds. The molecule has 1 atom stereocenters. The molecular formula is C22H22ClFN2O4. The Balaban J connectivity index is 1.78. The van der Waals surface area contributed by atoms with Crippen LogP contribution in [0, 0.1) is 5.82 Å². The van der Waals surface area contributed by atoms with Gasteiger partial charge in [-0.05, 0) is 43.7 Å². The van der Waals surface area contributed by atoms with Crippen LogP contribution in [0.1, 0.15) is 42.5 Å². The van der Waals surface area contributed by atoms with Crippen molar-refractivity contribution in [1.82, 2.24) is 5.32 Å². The van der Waals surface area contributed by atoms with Crippen molar-refractivity contribution >= 4 is 29.2 Å². The van der Waals surface area contributed by atoms with Gasteiger partial charge in [0.1, 0.15) is 5.82 Å². The molecule has 158 valence electrons. The SMILES string of the molecule is CC(Nc1c(Cl)ccc2c1CCNCC21OC(=O)CCC(=O)O1)c1ccccc1F. The van der Waals surface area contributed by atoms with Crippen LogP contribution >= 0.6 is 11.6 Å². The molecule has 30 heavy (non-hydrogen) atoms. The second-order valence-electron chi connectivity index (χ2n) is 7.46. The molecule has 2 N–H and O–H groups in total. The molecule has 0 aliphatic carbocycles. The van der Waals surface area contributed by atoms with Gasteiger partial charge in [-0.15, -0.1) is 0 Å². The van der Waals surface area contributed by atoms with Gasteiger partial charge in [0.15, 0.2) is 0 Å². The van der Waals surface area contributed by atoms with Crippen LogP contribution in [-0.2, 0) is 31.3 Å². The van der Waals surface area contributed by atoms with Gasteiger partial charge in [-0.2, -0.15) is 0 Å². The molecule has 4 rings (SSSR count). The van der Waals surface area contributed by atoms with Crippen LogP contribution in [0.3, 0.4) is 0 Å². The maximum atomic E-state index is 14.3. The zero-order chi connectivity index (χ0) is 21.3. The minimum Gasteiger partial charge on any atom is -0.416 e. The molecule has 2 aromatic carbocycles. The third-order valence-corrected chi connectivity index (χ3v) is 5.72. The highest BCUT2D eigenvalue weighted by molar-refractivity contribution is 6.33. The summed E-state index contributed by atoms with van der Waals surface area (Å²) in [6.07, 6.45) is 0.497. The van der Waals surface area contributed by atoms with Crippen molar-refractivity contribution in [2.24, 2.45) is 0 Å². The van der Waals surface area contributed by atoms with Crippen LogP contribution in [-0.4, -0.2) is 25.0 Å². The number of fused-ring (bicyclic) bond motifs is 2. The Labute approximate surface area is 178 Å². The van der Waals surface area contributed by atoms with Crippen molar-refractivity contribution in [2.75, 3.05) is 18.4 Å². The number of ether oxygens (including phenoxy) is 2. The number of rotatable bonds is 3. The maximum absolute atomic E-state index is 14.3. The number of nitrogens with one attached hydrogen (secondary N) is 2. The number of hydrogen-bond donors (Lipinski definition) is 2. The van der Waals surface area contributed by atoms with E-state index in [-0.39, 0.29) is 31.2 Å². The molecule has 0 aromatic heterocycles. The topological polar surface area (TPSA) is 76.7 Å². The molecule has 1 unspecified atom stereocenters. The van der Waals surface area contributed by atoms with E-state index < -0.39 is 17.7 Å². The Bertz CT molecular complexity index is 979. The molecule has 1 spiro atoms. The van der Waals surface area contributed by atoms with Crippen LogP contribution in [0.5, 0.6) is 0 Å². The van der Waals surface area contributed by atoms with Gasteiger partial charge in [0.2, 0.25) is 0 Å². The van der Waals surface area contributed by atoms with E-state index in [0.717, 1.165) is 5.56 Å². The molecule has 2 aromatic rings. The fraction of sp³-hybridized carbons (Fsp3) is 0.364. The number of benzene rings is 2. The molecule has 0 saturated carbocycles. The zero-order valence-electron chi connectivity index (χ0n) is 16.5. The summed E-state index contributed by atoms with van der Waals surface area (Å²) in [7, 11) is 0. The highest BCUT2D eigenvalue weighted by Crippen LogP contribution is 2.41. The zero-order valence-corrected chi connectivity index (χ0v) is 17.2. The van der Waals surface area contributed by atoms with E-state index in [2.05, 4.69) is 10.6 Å². The van der Waals surface area contributed by atoms with Crippen molar-refractivity contribution < 1.29 is 23.5 Å². The molecular weight excluding hydrogens is 411 g/mol. The van der Waals surface area contributed by atoms with Gasteiger partial charge in [0.05, 0.1) is 36.1 Å². The van der Waals surface area contributed by atoms with E-state index in [4.69, 9.17) is 21.1 Å². The lowest BCUT2D eigenvalue weighted by Gasteiger charge is -2.32. The van der Waals surface area contributed by atoms with Gasteiger partial charge in [0.25, 0.3) is 5.79 Å². The third kappa shape index (κ3) is 3.87. The van der Waals surface area contributed by atoms with Crippen LogP contribution in [0.2, 0.25) is 5.02 Å². The van der Waals surface area contributed by atoms with Gasteiger partial charge in [-0.1, -0.05) is 29.8 Å². The summed E-state index contributed by atoms with van der Waals surface area (Å²) >= 11 is 6.51. The van der Waals surface area contributed by atoms with Crippen molar-refractivity contribution in [3.63, 3.8) is 0 Å². The number of carbonyl (C=O) groups is 2. The predicted molar refractivity (Wildman–Crippen MR) is 110 cm³/mol. The molecule has 8 heteroatoms. The van der Waals surface area contributed by atoms with Gasteiger partial charge in [-0.25, -0.2) is 4.39 Å². The Morgan fingerprint density at radius 1 is 1.10 bits per heavy atom. The number of anilines is 1. The van der Waals surface area contributed by atoms with Crippen LogP contribution < -0.4 is 10.6 Å². The Hall–Kier alpha value is -2.64. The first-order valence-corrected chi connectivity index (χ1v) is 10.2. The molecule has 1 saturated heterocycles. The van der Waals surface area contributed by atoms with E-state index in [1.165, 1.54) is 6.07 Å². The first-order valence-electron chi connectivity index (χ1n) is 9.87. The standard InChI is InChI=1S/C22H22ClFN2O4/c1-13(14-4-2-3-5-18(14)24)26-21-15-10-11-25-12-22(16(15)6-7-17(21)23)29-19(27)8-9-20(28)30-22/h2-7,13,25-26H,8-12H2,1H3. The number of halogens is 2. The van der Waals surface area contributed by atoms with Gasteiger partial charge in [0, 0.05) is 11.1 Å². The summed E-state index contributed by atoms with van der Waals surface area (Å²) in [6, 6.07) is 9.53. The normalized spacial score (nSPS) is 19.2. The minimum absolute atomic E-state index is 0.0288. The number of carbonyl (C=O) groups excluding carboxylic acids is 2. The minimum atomic E-state index is -1.56. The Kier molecular flexibility index (Phi) is 5.66. The average molecular weight is 433 g/mol. The average Bonchev–Trinajstić information content (AvgIpc) is 2.97. The van der Waals surface area contributed by atoms with E-state index in [1.54, 1.807) is 30.3 Å². The lowest BCUT2D eigenvalue weighted by molar-refractivity contribution is -0.225. The monoisotopic (exact) mass is 432 g/mol. The molecule has 2 aliphatic heterocycles. The van der Waals surface area contributed by atoms with Crippen molar-refractivity contribution in [1.29, 1.82) is 0 Å². The van der Waals surface area contributed by atoms with Gasteiger partial charge < -0.3 is 20.1 Å². The molecule has 2 heterocycles. The highest BCUT2D eigenvalue weighted by atomic mass is 35.5. The van der Waals surface area contributed by atoms with Gasteiger partial charge in [-0.3, -0.25) is 9.59 Å². The predicted octanol–water partition coefficient (Wildman–Crippen LogP) is 3.83. The van der Waals surface area contributed by atoms with Crippen molar-refractivity contribution in [3.05, 3.63) is 63.9 Å². The highest BCUT2D eigenvalue weighted by Gasteiger charge is 2.46. The maximum Gasteiger partial charge on any atom is 0.309 e. The number of esters is 2. The summed E-state index contributed by atoms with van der Waals surface area (Å²) in [6.45, 7) is 2.54. The van der Waals surface area contributed by atoms with E-state index in [0.29, 0.717) is 34.8 Å². The molecule has 0 radical (unpaired) electrons. The van der Waals surface area contributed by atoms with Crippen LogP contribution in [0.25, 0.3) is 0 Å². The lowest BCUT2D eigenvalue weighted by Crippen LogP contribution is -2.43. The smallest absolute Gasteiger partial charge is 0.309 e. The summed E-state index contributed by atoms with van der Waals surface area (Å²) in [4.78, 5) is 24.4. The van der Waals surface area contributed by atoms with Gasteiger partial charge >= 0.3 is 11.9 Å². The summed E-state index contributed by atoms with van der Waals surface area (Å²) in [5, 5.41) is 6.93. The second-order valence-corrected chi connectivity index (χ2v) is 7.87.